The summed E-state index contributed by atoms with van der Waals surface area (Å²) in [6.07, 6.45) is 1.81. The highest BCUT2D eigenvalue weighted by Gasteiger charge is 2.35. The van der Waals surface area contributed by atoms with Gasteiger partial charge in [-0.1, -0.05) is 17.7 Å². The zero-order valence-corrected chi connectivity index (χ0v) is 23.8. The molecule has 40 heavy (non-hydrogen) atoms. The summed E-state index contributed by atoms with van der Waals surface area (Å²) in [7, 11) is -0.958. The number of nitrogens with zero attached hydrogens (tertiary/aromatic N) is 2. The lowest BCUT2D eigenvalue weighted by atomic mass is 9.98. The molecule has 0 bridgehead atoms. The number of ether oxygens (including phenoxy) is 2. The van der Waals surface area contributed by atoms with Gasteiger partial charge in [0.05, 0.1) is 20.1 Å². The van der Waals surface area contributed by atoms with Crippen molar-refractivity contribution >= 4 is 44.8 Å². The predicted molar refractivity (Wildman–Crippen MR) is 153 cm³/mol. The van der Waals surface area contributed by atoms with Crippen LogP contribution in [0.2, 0.25) is 5.02 Å². The average molecular weight is 584 g/mol. The molecule has 2 aliphatic rings. The van der Waals surface area contributed by atoms with Gasteiger partial charge in [-0.05, 0) is 79.4 Å². The van der Waals surface area contributed by atoms with Crippen molar-refractivity contribution in [1.82, 2.24) is 4.31 Å². The molecule has 2 heterocycles. The van der Waals surface area contributed by atoms with Crippen LogP contribution in [-0.2, 0) is 21.2 Å². The van der Waals surface area contributed by atoms with E-state index in [2.05, 4.69) is 5.32 Å². The smallest absolute Gasteiger partial charge is 0.258 e. The highest BCUT2D eigenvalue weighted by molar-refractivity contribution is 7.89. The molecule has 9 nitrogen and oxygen atoms in total. The Balaban J connectivity index is 1.30. The molecule has 1 fully saturated rings. The van der Waals surface area contributed by atoms with Gasteiger partial charge >= 0.3 is 0 Å². The molecule has 2 aliphatic heterocycles. The van der Waals surface area contributed by atoms with Crippen molar-refractivity contribution in [1.29, 1.82) is 0 Å². The number of carbonyl (C=O) groups is 2. The molecule has 0 spiro atoms. The van der Waals surface area contributed by atoms with E-state index in [0.29, 0.717) is 49.4 Å². The molecule has 3 aromatic rings. The number of amides is 2. The zero-order valence-electron chi connectivity index (χ0n) is 22.2. The minimum absolute atomic E-state index is 0.0243. The number of hydrogen-bond donors (Lipinski definition) is 1. The summed E-state index contributed by atoms with van der Waals surface area (Å²) in [5.41, 5.74) is 2.86. The monoisotopic (exact) mass is 583 g/mol. The second-order valence-electron chi connectivity index (χ2n) is 9.77. The van der Waals surface area contributed by atoms with Gasteiger partial charge in [0.25, 0.3) is 5.91 Å². The van der Waals surface area contributed by atoms with Crippen molar-refractivity contribution in [3.63, 3.8) is 0 Å². The van der Waals surface area contributed by atoms with Gasteiger partial charge in [-0.3, -0.25) is 9.59 Å². The highest BCUT2D eigenvalue weighted by atomic mass is 35.5. The minimum Gasteiger partial charge on any atom is -0.497 e. The molecule has 11 heteroatoms. The topological polar surface area (TPSA) is 105 Å². The average Bonchev–Trinajstić information content (AvgIpc) is 3.40. The van der Waals surface area contributed by atoms with Crippen molar-refractivity contribution in [2.75, 3.05) is 44.1 Å². The number of sulfonamides is 1. The van der Waals surface area contributed by atoms with E-state index in [1.54, 1.807) is 48.4 Å². The molecule has 210 valence electrons. The number of hydrogen-bond acceptors (Lipinski definition) is 6. The Morgan fingerprint density at radius 2 is 1.75 bits per heavy atom. The summed E-state index contributed by atoms with van der Waals surface area (Å²) < 4.78 is 38.6. The van der Waals surface area contributed by atoms with Crippen LogP contribution in [0.3, 0.4) is 0 Å². The van der Waals surface area contributed by atoms with Gasteiger partial charge in [0.1, 0.15) is 16.4 Å². The Kier molecular flexibility index (Phi) is 8.02. The van der Waals surface area contributed by atoms with Crippen LogP contribution in [0.1, 0.15) is 28.8 Å². The van der Waals surface area contributed by atoms with Crippen molar-refractivity contribution < 1.29 is 27.5 Å². The SMILES string of the molecule is COc1ccc(C(=O)N2CCc3ccc(NC(=O)[C@@H]4CCCN(S(=O)(=O)c5cc(Cl)ccc5OC)C4)cc32)cc1. The highest BCUT2D eigenvalue weighted by Crippen LogP contribution is 2.34. The normalized spacial score (nSPS) is 17.3. The van der Waals surface area contributed by atoms with E-state index >= 15 is 0 Å². The molecule has 0 radical (unpaired) electrons. The van der Waals surface area contributed by atoms with Crippen LogP contribution in [0.4, 0.5) is 11.4 Å². The number of benzene rings is 3. The molecule has 0 aliphatic carbocycles. The Morgan fingerprint density at radius 3 is 2.48 bits per heavy atom. The first-order valence-corrected chi connectivity index (χ1v) is 14.8. The Morgan fingerprint density at radius 1 is 0.975 bits per heavy atom. The first-order valence-electron chi connectivity index (χ1n) is 12.9. The van der Waals surface area contributed by atoms with E-state index in [1.807, 2.05) is 12.1 Å². The maximum atomic E-state index is 13.4. The van der Waals surface area contributed by atoms with Gasteiger partial charge in [0, 0.05) is 41.6 Å². The van der Waals surface area contributed by atoms with Gasteiger partial charge in [-0.2, -0.15) is 4.31 Å². The molecule has 0 saturated carbocycles. The number of anilines is 2. The molecule has 0 unspecified atom stereocenters. The molecule has 2 amide bonds. The quantitative estimate of drug-likeness (QED) is 0.436. The summed E-state index contributed by atoms with van der Waals surface area (Å²) >= 11 is 6.07. The lowest BCUT2D eigenvalue weighted by Gasteiger charge is -2.31. The first kappa shape index (κ1) is 27.9. The van der Waals surface area contributed by atoms with E-state index < -0.39 is 15.9 Å². The Bertz CT molecular complexity index is 1540. The fraction of sp³-hybridized carbons (Fsp3) is 0.310. The maximum Gasteiger partial charge on any atom is 0.258 e. The second kappa shape index (κ2) is 11.5. The molecular weight excluding hydrogens is 554 g/mol. The van der Waals surface area contributed by atoms with E-state index in [9.17, 15) is 18.0 Å². The number of methoxy groups -OCH3 is 2. The number of halogens is 1. The summed E-state index contributed by atoms with van der Waals surface area (Å²) in [6, 6.07) is 16.9. The van der Waals surface area contributed by atoms with Crippen LogP contribution in [0.5, 0.6) is 11.5 Å². The van der Waals surface area contributed by atoms with Crippen molar-refractivity contribution in [2.24, 2.45) is 5.92 Å². The summed E-state index contributed by atoms with van der Waals surface area (Å²) in [5, 5.41) is 3.22. The lowest BCUT2D eigenvalue weighted by Crippen LogP contribution is -2.43. The van der Waals surface area contributed by atoms with Gasteiger partial charge in [0.2, 0.25) is 15.9 Å². The van der Waals surface area contributed by atoms with Crippen LogP contribution in [0.15, 0.2) is 65.6 Å². The Labute approximate surface area is 238 Å². The van der Waals surface area contributed by atoms with Crippen molar-refractivity contribution in [3.05, 3.63) is 76.8 Å². The fourth-order valence-corrected chi connectivity index (χ4v) is 7.11. The molecule has 1 saturated heterocycles. The van der Waals surface area contributed by atoms with E-state index in [1.165, 1.54) is 23.5 Å². The van der Waals surface area contributed by atoms with Crippen molar-refractivity contribution in [3.8, 4) is 11.5 Å². The van der Waals surface area contributed by atoms with Gasteiger partial charge in [-0.15, -0.1) is 0 Å². The molecular formula is C29H30ClN3O6S. The molecule has 1 atom stereocenters. The molecule has 1 N–H and O–H groups in total. The number of nitrogens with one attached hydrogen (secondary N) is 1. The van der Waals surface area contributed by atoms with Gasteiger partial charge in [-0.25, -0.2) is 8.42 Å². The van der Waals surface area contributed by atoms with Gasteiger partial charge < -0.3 is 19.7 Å². The molecule has 3 aromatic carbocycles. The number of piperidine rings is 1. The summed E-state index contributed by atoms with van der Waals surface area (Å²) in [5.74, 6) is -0.0793. The van der Waals surface area contributed by atoms with Crippen LogP contribution >= 0.6 is 11.6 Å². The van der Waals surface area contributed by atoms with Crippen LogP contribution in [0, 0.1) is 5.92 Å². The number of fused-ring (bicyclic) bond motifs is 1. The van der Waals surface area contributed by atoms with Crippen LogP contribution in [0.25, 0.3) is 0 Å². The number of carbonyl (C=O) groups excluding carboxylic acids is 2. The van der Waals surface area contributed by atoms with Crippen molar-refractivity contribution in [2.45, 2.75) is 24.2 Å². The summed E-state index contributed by atoms with van der Waals surface area (Å²) in [6.45, 7) is 0.875. The molecule has 5 rings (SSSR count). The van der Waals surface area contributed by atoms with E-state index in [-0.39, 0.29) is 34.0 Å². The lowest BCUT2D eigenvalue weighted by molar-refractivity contribution is -0.120. The van der Waals surface area contributed by atoms with E-state index in [4.69, 9.17) is 21.1 Å². The third kappa shape index (κ3) is 5.52. The Hall–Kier alpha value is -3.60. The third-order valence-electron chi connectivity index (χ3n) is 7.33. The van der Waals surface area contributed by atoms with Crippen LogP contribution < -0.4 is 19.7 Å². The standard InChI is InChI=1S/C29H30ClN3O6S/c1-38-24-10-6-20(7-11-24)29(35)33-15-13-19-5-9-23(17-25(19)33)31-28(34)21-4-3-14-32(18-21)40(36,37)27-16-22(30)8-12-26(27)39-2/h5-12,16-17,21H,3-4,13-15,18H2,1-2H3,(H,31,34)/t21-/m1/s1. The van der Waals surface area contributed by atoms with Crippen LogP contribution in [-0.4, -0.2) is 58.4 Å². The zero-order chi connectivity index (χ0) is 28.4. The minimum atomic E-state index is -3.93. The first-order chi connectivity index (χ1) is 19.2. The summed E-state index contributed by atoms with van der Waals surface area (Å²) in [4.78, 5) is 28.2. The maximum absolute atomic E-state index is 13.4. The number of rotatable bonds is 7. The predicted octanol–water partition coefficient (Wildman–Crippen LogP) is 4.60. The third-order valence-corrected chi connectivity index (χ3v) is 9.45. The molecule has 0 aromatic heterocycles. The largest absolute Gasteiger partial charge is 0.497 e. The fourth-order valence-electron chi connectivity index (χ4n) is 5.17. The second-order valence-corrected chi connectivity index (χ2v) is 12.1. The van der Waals surface area contributed by atoms with Gasteiger partial charge in [0.15, 0.2) is 0 Å². The van der Waals surface area contributed by atoms with E-state index in [0.717, 1.165) is 11.3 Å².